The molecule has 0 saturated carbocycles. The van der Waals surface area contributed by atoms with Crippen LogP contribution in [0, 0.1) is 0 Å². The SMILES string of the molecule is CCCNC(CCC)c1ccc2ccccc2n1. The van der Waals surface area contributed by atoms with Gasteiger partial charge in [0.05, 0.1) is 11.2 Å². The van der Waals surface area contributed by atoms with E-state index < -0.39 is 0 Å². The van der Waals surface area contributed by atoms with Crippen LogP contribution in [-0.2, 0) is 0 Å². The van der Waals surface area contributed by atoms with Crippen molar-refractivity contribution in [2.45, 2.75) is 39.2 Å². The van der Waals surface area contributed by atoms with Gasteiger partial charge in [-0.25, -0.2) is 0 Å². The van der Waals surface area contributed by atoms with Crippen LogP contribution in [0.3, 0.4) is 0 Å². The average molecular weight is 242 g/mol. The molecule has 0 spiro atoms. The summed E-state index contributed by atoms with van der Waals surface area (Å²) in [5, 5.41) is 4.80. The number of pyridine rings is 1. The zero-order valence-electron chi connectivity index (χ0n) is 11.3. The highest BCUT2D eigenvalue weighted by molar-refractivity contribution is 5.78. The summed E-state index contributed by atoms with van der Waals surface area (Å²) >= 11 is 0. The summed E-state index contributed by atoms with van der Waals surface area (Å²) < 4.78 is 0. The first-order valence-corrected chi connectivity index (χ1v) is 6.94. The van der Waals surface area contributed by atoms with Crippen molar-refractivity contribution in [3.8, 4) is 0 Å². The molecule has 1 N–H and O–H groups in total. The van der Waals surface area contributed by atoms with Crippen molar-refractivity contribution in [2.75, 3.05) is 6.54 Å². The van der Waals surface area contributed by atoms with Gasteiger partial charge in [-0.2, -0.15) is 0 Å². The Balaban J connectivity index is 2.25. The minimum absolute atomic E-state index is 0.388. The Hall–Kier alpha value is -1.41. The maximum absolute atomic E-state index is 4.78. The van der Waals surface area contributed by atoms with E-state index >= 15 is 0 Å². The fourth-order valence-electron chi connectivity index (χ4n) is 2.24. The molecule has 18 heavy (non-hydrogen) atoms. The second-order valence-electron chi connectivity index (χ2n) is 4.72. The highest BCUT2D eigenvalue weighted by Crippen LogP contribution is 2.20. The van der Waals surface area contributed by atoms with E-state index in [1.54, 1.807) is 0 Å². The molecule has 1 heterocycles. The number of aromatic nitrogens is 1. The highest BCUT2D eigenvalue weighted by atomic mass is 14.9. The van der Waals surface area contributed by atoms with Gasteiger partial charge in [0.25, 0.3) is 0 Å². The quantitative estimate of drug-likeness (QED) is 0.825. The molecule has 2 nitrogen and oxygen atoms in total. The summed E-state index contributed by atoms with van der Waals surface area (Å²) in [6, 6.07) is 13.0. The standard InChI is InChI=1S/C16H22N2/c1-3-7-15(17-12-4-2)16-11-10-13-8-5-6-9-14(13)18-16/h5-6,8-11,15,17H,3-4,7,12H2,1-2H3. The molecular formula is C16H22N2. The van der Waals surface area contributed by atoms with Crippen molar-refractivity contribution >= 4 is 10.9 Å². The number of hydrogen-bond acceptors (Lipinski definition) is 2. The maximum atomic E-state index is 4.78. The molecular weight excluding hydrogens is 220 g/mol. The first kappa shape index (κ1) is 13.0. The third-order valence-electron chi connectivity index (χ3n) is 3.20. The van der Waals surface area contributed by atoms with Gasteiger partial charge in [0, 0.05) is 11.4 Å². The lowest BCUT2D eigenvalue weighted by Crippen LogP contribution is -2.22. The van der Waals surface area contributed by atoms with E-state index in [4.69, 9.17) is 4.98 Å². The third-order valence-corrected chi connectivity index (χ3v) is 3.20. The Morgan fingerprint density at radius 2 is 1.89 bits per heavy atom. The van der Waals surface area contributed by atoms with E-state index in [1.807, 2.05) is 6.07 Å². The molecule has 96 valence electrons. The van der Waals surface area contributed by atoms with E-state index in [2.05, 4.69) is 49.5 Å². The lowest BCUT2D eigenvalue weighted by Gasteiger charge is -2.17. The van der Waals surface area contributed by atoms with E-state index in [9.17, 15) is 0 Å². The zero-order chi connectivity index (χ0) is 12.8. The van der Waals surface area contributed by atoms with Crippen LogP contribution in [0.2, 0.25) is 0 Å². The van der Waals surface area contributed by atoms with Crippen LogP contribution in [0.4, 0.5) is 0 Å². The van der Waals surface area contributed by atoms with Crippen molar-refractivity contribution in [1.29, 1.82) is 0 Å². The summed E-state index contributed by atoms with van der Waals surface area (Å²) in [4.78, 5) is 4.78. The molecule has 2 heteroatoms. The first-order valence-electron chi connectivity index (χ1n) is 6.94. The summed E-state index contributed by atoms with van der Waals surface area (Å²) in [6.45, 7) is 5.48. The molecule has 0 bridgehead atoms. The molecule has 2 aromatic rings. The molecule has 0 fully saturated rings. The lowest BCUT2D eigenvalue weighted by atomic mass is 10.1. The average Bonchev–Trinajstić information content (AvgIpc) is 2.43. The third kappa shape index (κ3) is 3.08. The molecule has 0 amide bonds. The number of benzene rings is 1. The van der Waals surface area contributed by atoms with Crippen molar-refractivity contribution in [3.05, 3.63) is 42.1 Å². The van der Waals surface area contributed by atoms with Crippen LogP contribution in [0.5, 0.6) is 0 Å². The van der Waals surface area contributed by atoms with Crippen molar-refractivity contribution in [1.82, 2.24) is 10.3 Å². The van der Waals surface area contributed by atoms with Crippen LogP contribution >= 0.6 is 0 Å². The van der Waals surface area contributed by atoms with Crippen LogP contribution in [0.1, 0.15) is 44.8 Å². The van der Waals surface area contributed by atoms with Gasteiger partial charge in [-0.1, -0.05) is 44.5 Å². The minimum atomic E-state index is 0.388. The molecule has 1 aromatic heterocycles. The normalized spacial score (nSPS) is 12.8. The second-order valence-corrected chi connectivity index (χ2v) is 4.72. The van der Waals surface area contributed by atoms with Crippen molar-refractivity contribution < 1.29 is 0 Å². The Morgan fingerprint density at radius 3 is 2.67 bits per heavy atom. The Bertz CT molecular complexity index is 493. The second kappa shape index (κ2) is 6.50. The number of rotatable bonds is 6. The molecule has 0 aliphatic carbocycles. The van der Waals surface area contributed by atoms with Crippen LogP contribution < -0.4 is 5.32 Å². The molecule has 1 unspecified atom stereocenters. The fourth-order valence-corrected chi connectivity index (χ4v) is 2.24. The molecule has 2 rings (SSSR count). The molecule has 0 radical (unpaired) electrons. The maximum Gasteiger partial charge on any atom is 0.0706 e. The first-order chi connectivity index (χ1) is 8.85. The molecule has 0 saturated heterocycles. The molecule has 0 aliphatic rings. The van der Waals surface area contributed by atoms with E-state index in [-0.39, 0.29) is 0 Å². The van der Waals surface area contributed by atoms with Crippen LogP contribution in [0.15, 0.2) is 36.4 Å². The van der Waals surface area contributed by atoms with E-state index in [0.717, 1.165) is 24.9 Å². The number of hydrogen-bond donors (Lipinski definition) is 1. The molecule has 1 atom stereocenters. The largest absolute Gasteiger partial charge is 0.309 e. The predicted molar refractivity (Wildman–Crippen MR) is 77.7 cm³/mol. The lowest BCUT2D eigenvalue weighted by molar-refractivity contribution is 0.485. The van der Waals surface area contributed by atoms with Crippen LogP contribution in [-0.4, -0.2) is 11.5 Å². The van der Waals surface area contributed by atoms with Gasteiger partial charge in [0.15, 0.2) is 0 Å². The Labute approximate surface area is 109 Å². The van der Waals surface area contributed by atoms with Gasteiger partial charge in [-0.15, -0.1) is 0 Å². The fraction of sp³-hybridized carbons (Fsp3) is 0.438. The Morgan fingerprint density at radius 1 is 1.06 bits per heavy atom. The minimum Gasteiger partial charge on any atom is -0.309 e. The smallest absolute Gasteiger partial charge is 0.0706 e. The summed E-state index contributed by atoms with van der Waals surface area (Å²) in [5.74, 6) is 0. The summed E-state index contributed by atoms with van der Waals surface area (Å²) in [6.07, 6.45) is 3.48. The monoisotopic (exact) mass is 242 g/mol. The van der Waals surface area contributed by atoms with Gasteiger partial charge in [-0.05, 0) is 31.5 Å². The number of para-hydroxylation sites is 1. The molecule has 1 aromatic carbocycles. The summed E-state index contributed by atoms with van der Waals surface area (Å²) in [5.41, 5.74) is 2.26. The van der Waals surface area contributed by atoms with E-state index in [0.29, 0.717) is 6.04 Å². The van der Waals surface area contributed by atoms with Gasteiger partial charge < -0.3 is 5.32 Å². The van der Waals surface area contributed by atoms with Gasteiger partial charge in [0.1, 0.15) is 0 Å². The Kier molecular flexibility index (Phi) is 4.71. The number of fused-ring (bicyclic) bond motifs is 1. The predicted octanol–water partition coefficient (Wildman–Crippen LogP) is 4.08. The van der Waals surface area contributed by atoms with Crippen LogP contribution in [0.25, 0.3) is 10.9 Å². The molecule has 0 aliphatic heterocycles. The highest BCUT2D eigenvalue weighted by Gasteiger charge is 2.11. The zero-order valence-corrected chi connectivity index (χ0v) is 11.3. The number of nitrogens with zero attached hydrogens (tertiary/aromatic N) is 1. The summed E-state index contributed by atoms with van der Waals surface area (Å²) in [7, 11) is 0. The van der Waals surface area contributed by atoms with Gasteiger partial charge in [0.2, 0.25) is 0 Å². The topological polar surface area (TPSA) is 24.9 Å². The van der Waals surface area contributed by atoms with Crippen molar-refractivity contribution in [2.24, 2.45) is 0 Å². The van der Waals surface area contributed by atoms with Crippen molar-refractivity contribution in [3.63, 3.8) is 0 Å². The van der Waals surface area contributed by atoms with E-state index in [1.165, 1.54) is 17.5 Å². The number of nitrogens with one attached hydrogen (secondary N) is 1. The van der Waals surface area contributed by atoms with Gasteiger partial charge in [-0.3, -0.25) is 4.98 Å². The van der Waals surface area contributed by atoms with Gasteiger partial charge >= 0.3 is 0 Å².